The van der Waals surface area contributed by atoms with E-state index >= 15 is 0 Å². The Bertz CT molecular complexity index is 638. The Morgan fingerprint density at radius 1 is 1.35 bits per heavy atom. The molecule has 1 N–H and O–H groups in total. The third kappa shape index (κ3) is 5.28. The van der Waals surface area contributed by atoms with Crippen LogP contribution in [0, 0.1) is 6.92 Å². The van der Waals surface area contributed by atoms with Gasteiger partial charge in [-0.05, 0) is 48.1 Å². The van der Waals surface area contributed by atoms with Gasteiger partial charge in [0.25, 0.3) is 0 Å². The molecule has 2 aromatic rings. The van der Waals surface area contributed by atoms with Crippen LogP contribution in [0.4, 0.5) is 0 Å². The van der Waals surface area contributed by atoms with Crippen molar-refractivity contribution < 1.29 is 4.74 Å². The van der Waals surface area contributed by atoms with Crippen molar-refractivity contribution in [3.63, 3.8) is 0 Å². The largest absolute Gasteiger partial charge is 0.497 e. The molecule has 124 valence electrons. The van der Waals surface area contributed by atoms with E-state index in [1.54, 1.807) is 18.4 Å². The average Bonchev–Trinajstić information content (AvgIpc) is 3.06. The van der Waals surface area contributed by atoms with Crippen molar-refractivity contribution in [3.05, 3.63) is 51.7 Å². The quantitative estimate of drug-likeness (QED) is 0.652. The first-order chi connectivity index (χ1) is 11.1. The van der Waals surface area contributed by atoms with Gasteiger partial charge in [-0.2, -0.15) is 0 Å². The number of aryl methyl sites for hydroxylation is 1. The molecule has 1 aromatic heterocycles. The molecule has 23 heavy (non-hydrogen) atoms. The number of likely N-dealkylation sites (N-methyl/N-ethyl adjacent to an activating group) is 1. The maximum absolute atomic E-state index is 5.33. The highest BCUT2D eigenvalue weighted by molar-refractivity contribution is 7.09. The lowest BCUT2D eigenvalue weighted by Gasteiger charge is -2.22. The molecular formula is C18H25N3OS. The fraction of sp³-hybridized carbons (Fsp3) is 0.389. The average molecular weight is 331 g/mol. The fourth-order valence-electron chi connectivity index (χ4n) is 2.45. The summed E-state index contributed by atoms with van der Waals surface area (Å²) in [6.45, 7) is 3.75. The number of rotatable bonds is 6. The van der Waals surface area contributed by atoms with E-state index in [1.807, 2.05) is 13.1 Å². The first-order valence-electron chi connectivity index (χ1n) is 7.71. The minimum absolute atomic E-state index is 0.730. The molecule has 0 amide bonds. The van der Waals surface area contributed by atoms with Crippen LogP contribution >= 0.6 is 11.3 Å². The summed E-state index contributed by atoms with van der Waals surface area (Å²) in [5.74, 6) is 1.80. The molecule has 0 aliphatic carbocycles. The predicted octanol–water partition coefficient (Wildman–Crippen LogP) is 3.32. The Kier molecular flexibility index (Phi) is 6.47. The van der Waals surface area contributed by atoms with Crippen molar-refractivity contribution in [2.45, 2.75) is 19.9 Å². The number of methoxy groups -OCH3 is 1. The van der Waals surface area contributed by atoms with Crippen molar-refractivity contribution >= 4 is 17.3 Å². The third-order valence-electron chi connectivity index (χ3n) is 3.64. The summed E-state index contributed by atoms with van der Waals surface area (Å²) in [5, 5.41) is 5.54. The van der Waals surface area contributed by atoms with Crippen molar-refractivity contribution in [2.75, 3.05) is 27.7 Å². The van der Waals surface area contributed by atoms with E-state index in [1.165, 1.54) is 16.0 Å². The van der Waals surface area contributed by atoms with Gasteiger partial charge in [-0.15, -0.1) is 11.3 Å². The number of guanidine groups is 1. The monoisotopic (exact) mass is 331 g/mol. The summed E-state index contributed by atoms with van der Waals surface area (Å²) in [7, 11) is 5.59. The van der Waals surface area contributed by atoms with Gasteiger partial charge in [0.05, 0.1) is 7.11 Å². The van der Waals surface area contributed by atoms with E-state index in [4.69, 9.17) is 4.74 Å². The summed E-state index contributed by atoms with van der Waals surface area (Å²) in [6.07, 6.45) is 1.03. The van der Waals surface area contributed by atoms with Gasteiger partial charge in [-0.1, -0.05) is 12.1 Å². The number of ether oxygens (including phenoxy) is 1. The molecule has 4 nitrogen and oxygen atoms in total. The third-order valence-corrected chi connectivity index (χ3v) is 4.58. The molecule has 0 radical (unpaired) electrons. The van der Waals surface area contributed by atoms with Crippen LogP contribution in [0.3, 0.4) is 0 Å². The number of hydrogen-bond donors (Lipinski definition) is 1. The number of thiophene rings is 1. The smallest absolute Gasteiger partial charge is 0.193 e. The standard InChI is InChI=1S/C18H25N3OS/c1-14-10-15(12-16(11-14)22-4)13-20-18(19-2)21(3)8-7-17-6-5-9-23-17/h5-6,9-12H,7-8,13H2,1-4H3,(H,19,20). The molecule has 0 spiro atoms. The van der Waals surface area contributed by atoms with Gasteiger partial charge < -0.3 is 15.0 Å². The lowest BCUT2D eigenvalue weighted by Crippen LogP contribution is -2.39. The molecule has 0 unspecified atom stereocenters. The Hall–Kier alpha value is -2.01. The summed E-state index contributed by atoms with van der Waals surface area (Å²) in [4.78, 5) is 7.93. The van der Waals surface area contributed by atoms with E-state index in [-0.39, 0.29) is 0 Å². The van der Waals surface area contributed by atoms with Crippen LogP contribution in [-0.2, 0) is 13.0 Å². The topological polar surface area (TPSA) is 36.9 Å². The van der Waals surface area contributed by atoms with Gasteiger partial charge >= 0.3 is 0 Å². The van der Waals surface area contributed by atoms with Gasteiger partial charge in [0.15, 0.2) is 5.96 Å². The van der Waals surface area contributed by atoms with E-state index in [2.05, 4.69) is 58.8 Å². The van der Waals surface area contributed by atoms with Crippen LogP contribution in [0.2, 0.25) is 0 Å². The molecule has 1 aromatic carbocycles. The highest BCUT2D eigenvalue weighted by Gasteiger charge is 2.07. The van der Waals surface area contributed by atoms with Crippen molar-refractivity contribution in [2.24, 2.45) is 4.99 Å². The van der Waals surface area contributed by atoms with Gasteiger partial charge in [0, 0.05) is 32.1 Å². The number of nitrogens with one attached hydrogen (secondary N) is 1. The molecule has 2 rings (SSSR count). The normalized spacial score (nSPS) is 11.4. The van der Waals surface area contributed by atoms with Crippen LogP contribution in [0.5, 0.6) is 5.75 Å². The first-order valence-corrected chi connectivity index (χ1v) is 8.59. The maximum Gasteiger partial charge on any atom is 0.193 e. The minimum atomic E-state index is 0.730. The Labute approximate surface area is 142 Å². The van der Waals surface area contributed by atoms with Crippen molar-refractivity contribution in [1.29, 1.82) is 0 Å². The van der Waals surface area contributed by atoms with Gasteiger partial charge in [-0.25, -0.2) is 0 Å². The molecule has 0 fully saturated rings. The number of benzene rings is 1. The summed E-state index contributed by atoms with van der Waals surface area (Å²) >= 11 is 1.80. The van der Waals surface area contributed by atoms with Crippen LogP contribution in [0.15, 0.2) is 40.7 Å². The minimum Gasteiger partial charge on any atom is -0.497 e. The van der Waals surface area contributed by atoms with Gasteiger partial charge in [0.1, 0.15) is 5.75 Å². The van der Waals surface area contributed by atoms with Crippen LogP contribution in [-0.4, -0.2) is 38.6 Å². The summed E-state index contributed by atoms with van der Waals surface area (Å²) in [6, 6.07) is 10.5. The highest BCUT2D eigenvalue weighted by Crippen LogP contribution is 2.16. The predicted molar refractivity (Wildman–Crippen MR) is 98.6 cm³/mol. The van der Waals surface area contributed by atoms with Gasteiger partial charge in [0.2, 0.25) is 0 Å². The summed E-state index contributed by atoms with van der Waals surface area (Å²) in [5.41, 5.74) is 2.39. The molecule has 0 atom stereocenters. The fourth-order valence-corrected chi connectivity index (χ4v) is 3.15. The SMILES string of the molecule is CN=C(NCc1cc(C)cc(OC)c1)N(C)CCc1cccs1. The highest BCUT2D eigenvalue weighted by atomic mass is 32.1. The molecule has 0 bridgehead atoms. The van der Waals surface area contributed by atoms with Crippen LogP contribution < -0.4 is 10.1 Å². The number of aliphatic imine (C=N–C) groups is 1. The molecule has 5 heteroatoms. The van der Waals surface area contributed by atoms with Crippen molar-refractivity contribution in [3.8, 4) is 5.75 Å². The van der Waals surface area contributed by atoms with Crippen LogP contribution in [0.25, 0.3) is 0 Å². The van der Waals surface area contributed by atoms with E-state index in [0.717, 1.165) is 31.2 Å². The van der Waals surface area contributed by atoms with E-state index in [0.29, 0.717) is 0 Å². The Balaban J connectivity index is 1.90. The molecule has 0 saturated carbocycles. The maximum atomic E-state index is 5.33. The van der Waals surface area contributed by atoms with E-state index in [9.17, 15) is 0 Å². The lowest BCUT2D eigenvalue weighted by atomic mass is 10.1. The Morgan fingerprint density at radius 3 is 2.83 bits per heavy atom. The Morgan fingerprint density at radius 2 is 2.17 bits per heavy atom. The molecule has 0 aliphatic heterocycles. The summed E-state index contributed by atoms with van der Waals surface area (Å²) < 4.78 is 5.33. The number of hydrogen-bond acceptors (Lipinski definition) is 3. The zero-order valence-electron chi connectivity index (χ0n) is 14.3. The first kappa shape index (κ1) is 17.3. The number of nitrogens with zero attached hydrogens (tertiary/aromatic N) is 2. The van der Waals surface area contributed by atoms with Gasteiger partial charge in [-0.3, -0.25) is 4.99 Å². The molecular weight excluding hydrogens is 306 g/mol. The lowest BCUT2D eigenvalue weighted by molar-refractivity contribution is 0.413. The molecule has 1 heterocycles. The van der Waals surface area contributed by atoms with E-state index < -0.39 is 0 Å². The van der Waals surface area contributed by atoms with Crippen LogP contribution in [0.1, 0.15) is 16.0 Å². The zero-order chi connectivity index (χ0) is 16.7. The molecule has 0 saturated heterocycles. The second kappa shape index (κ2) is 8.58. The van der Waals surface area contributed by atoms with Crippen molar-refractivity contribution in [1.82, 2.24) is 10.2 Å². The second-order valence-corrected chi connectivity index (χ2v) is 6.54. The molecule has 0 aliphatic rings. The second-order valence-electron chi connectivity index (χ2n) is 5.51. The zero-order valence-corrected chi connectivity index (χ0v) is 15.1.